The first-order chi connectivity index (χ1) is 11.2. The normalized spacial score (nSPS) is 14.2. The lowest BCUT2D eigenvalue weighted by molar-refractivity contribution is -0.152. The van der Waals surface area contributed by atoms with E-state index in [4.69, 9.17) is 27.9 Å². The molecule has 0 aliphatic rings. The number of esters is 1. The minimum absolute atomic E-state index is 0.131. The average molecular weight is 369 g/mol. The number of benzene rings is 1. The third-order valence-corrected chi connectivity index (χ3v) is 4.47. The molecule has 24 heavy (non-hydrogen) atoms. The van der Waals surface area contributed by atoms with Gasteiger partial charge in [-0.1, -0.05) is 50.0 Å². The molecule has 0 saturated heterocycles. The van der Waals surface area contributed by atoms with Crippen LogP contribution >= 0.6 is 23.2 Å². The van der Waals surface area contributed by atoms with Gasteiger partial charge in [-0.3, -0.25) is 4.79 Å². The third kappa shape index (κ3) is 4.74. The van der Waals surface area contributed by atoms with Crippen molar-refractivity contribution >= 4 is 29.2 Å². The number of halogens is 2. The molecule has 2 aromatic rings. The number of carbonyl (C=O) groups excluding carboxylic acids is 1. The average Bonchev–Trinajstić information content (AvgIpc) is 2.96. The maximum Gasteiger partial charge on any atom is 0.302 e. The van der Waals surface area contributed by atoms with Gasteiger partial charge in [0.15, 0.2) is 0 Å². The zero-order valence-corrected chi connectivity index (χ0v) is 15.8. The van der Waals surface area contributed by atoms with E-state index < -0.39 is 0 Å². The maximum atomic E-state index is 11.5. The Bertz CT molecular complexity index is 694. The van der Waals surface area contributed by atoms with Crippen LogP contribution in [-0.4, -0.2) is 22.0 Å². The van der Waals surface area contributed by atoms with Crippen molar-refractivity contribution in [1.82, 2.24) is 9.97 Å². The van der Waals surface area contributed by atoms with E-state index in [1.807, 2.05) is 26.8 Å². The lowest BCUT2D eigenvalue weighted by atomic mass is 9.81. The third-order valence-electron chi connectivity index (χ3n) is 3.91. The first kappa shape index (κ1) is 18.8. The zero-order chi connectivity index (χ0) is 17.9. The highest BCUT2D eigenvalue weighted by Crippen LogP contribution is 2.38. The van der Waals surface area contributed by atoms with Crippen molar-refractivity contribution in [3.8, 4) is 0 Å². The number of aromatic amines is 1. The van der Waals surface area contributed by atoms with Crippen LogP contribution < -0.4 is 0 Å². The summed E-state index contributed by atoms with van der Waals surface area (Å²) in [5, 5.41) is 1.15. The van der Waals surface area contributed by atoms with Gasteiger partial charge in [0.05, 0.1) is 0 Å². The van der Waals surface area contributed by atoms with Gasteiger partial charge in [0.1, 0.15) is 11.9 Å². The van der Waals surface area contributed by atoms with Crippen molar-refractivity contribution in [2.75, 3.05) is 0 Å². The summed E-state index contributed by atoms with van der Waals surface area (Å²) in [5.41, 5.74) is 0.688. The standard InChI is InChI=1S/C18H22Cl2N2O2/c1-11(23)24-16(18(2,3)4)10-14(17-21-7-8-22-17)13-6-5-12(19)9-15(13)20/h5-9,14,16H,10H2,1-4H3,(H,21,22). The van der Waals surface area contributed by atoms with Crippen LogP contribution in [0.5, 0.6) is 0 Å². The van der Waals surface area contributed by atoms with Crippen molar-refractivity contribution < 1.29 is 9.53 Å². The summed E-state index contributed by atoms with van der Waals surface area (Å²) in [6, 6.07) is 5.41. The molecule has 1 aromatic carbocycles. The Labute approximate surface area is 152 Å². The second-order valence-electron chi connectivity index (χ2n) is 6.89. The van der Waals surface area contributed by atoms with Crippen molar-refractivity contribution in [2.24, 2.45) is 5.41 Å². The number of rotatable bonds is 5. The van der Waals surface area contributed by atoms with Gasteiger partial charge < -0.3 is 9.72 Å². The molecule has 1 aromatic heterocycles. The number of nitrogens with zero attached hydrogens (tertiary/aromatic N) is 1. The van der Waals surface area contributed by atoms with Gasteiger partial charge >= 0.3 is 5.97 Å². The zero-order valence-electron chi connectivity index (χ0n) is 14.3. The number of carbonyl (C=O) groups is 1. The second kappa shape index (κ2) is 7.58. The van der Waals surface area contributed by atoms with Crippen LogP contribution in [0.2, 0.25) is 10.0 Å². The lowest BCUT2D eigenvalue weighted by Gasteiger charge is -2.32. The number of H-pyrrole nitrogens is 1. The first-order valence-corrected chi connectivity index (χ1v) is 8.55. The minimum Gasteiger partial charge on any atom is -0.462 e. The predicted octanol–water partition coefficient (Wildman–Crippen LogP) is 5.22. The van der Waals surface area contributed by atoms with E-state index in [2.05, 4.69) is 9.97 Å². The molecule has 0 spiro atoms. The van der Waals surface area contributed by atoms with Crippen molar-refractivity contribution in [3.63, 3.8) is 0 Å². The molecule has 0 aliphatic heterocycles. The number of aromatic nitrogens is 2. The topological polar surface area (TPSA) is 55.0 Å². The van der Waals surface area contributed by atoms with E-state index in [1.54, 1.807) is 24.5 Å². The number of hydrogen-bond acceptors (Lipinski definition) is 3. The van der Waals surface area contributed by atoms with Crippen LogP contribution in [0, 0.1) is 5.41 Å². The molecular formula is C18H22Cl2N2O2. The predicted molar refractivity (Wildman–Crippen MR) is 96.5 cm³/mol. The molecule has 2 atom stereocenters. The van der Waals surface area contributed by atoms with Crippen molar-refractivity contribution in [3.05, 3.63) is 52.0 Å². The molecule has 1 heterocycles. The van der Waals surface area contributed by atoms with Crippen molar-refractivity contribution in [1.29, 1.82) is 0 Å². The SMILES string of the molecule is CC(=O)OC(CC(c1ncc[nH]1)c1ccc(Cl)cc1Cl)C(C)(C)C. The van der Waals surface area contributed by atoms with Crippen LogP contribution in [0.3, 0.4) is 0 Å². The molecular weight excluding hydrogens is 347 g/mol. The molecule has 6 heteroatoms. The summed E-state index contributed by atoms with van der Waals surface area (Å²) >= 11 is 12.4. The quantitative estimate of drug-likeness (QED) is 0.736. The molecule has 130 valence electrons. The van der Waals surface area contributed by atoms with E-state index in [1.165, 1.54) is 6.92 Å². The van der Waals surface area contributed by atoms with Gasteiger partial charge in [0.2, 0.25) is 0 Å². The van der Waals surface area contributed by atoms with E-state index in [0.29, 0.717) is 16.5 Å². The fourth-order valence-electron chi connectivity index (χ4n) is 2.63. The van der Waals surface area contributed by atoms with Gasteiger partial charge in [-0.15, -0.1) is 0 Å². The molecule has 0 fully saturated rings. The van der Waals surface area contributed by atoms with Crippen LogP contribution in [0.15, 0.2) is 30.6 Å². The van der Waals surface area contributed by atoms with E-state index >= 15 is 0 Å². The number of ether oxygens (including phenoxy) is 1. The van der Waals surface area contributed by atoms with Gasteiger partial charge in [-0.2, -0.15) is 0 Å². The summed E-state index contributed by atoms with van der Waals surface area (Å²) in [5.74, 6) is 0.351. The number of nitrogens with one attached hydrogen (secondary N) is 1. The van der Waals surface area contributed by atoms with Crippen LogP contribution in [0.25, 0.3) is 0 Å². The van der Waals surface area contributed by atoms with E-state index in [-0.39, 0.29) is 23.4 Å². The molecule has 2 rings (SSSR count). The molecule has 0 radical (unpaired) electrons. The summed E-state index contributed by atoms with van der Waals surface area (Å²) in [4.78, 5) is 19.1. The Hall–Kier alpha value is -1.52. The first-order valence-electron chi connectivity index (χ1n) is 7.80. The molecule has 4 nitrogen and oxygen atoms in total. The minimum atomic E-state index is -0.296. The Kier molecular flexibility index (Phi) is 5.94. The van der Waals surface area contributed by atoms with Crippen LogP contribution in [0.1, 0.15) is 51.4 Å². The largest absolute Gasteiger partial charge is 0.462 e. The molecule has 0 saturated carbocycles. The lowest BCUT2D eigenvalue weighted by Crippen LogP contribution is -2.33. The maximum absolute atomic E-state index is 11.5. The molecule has 0 bridgehead atoms. The number of hydrogen-bond donors (Lipinski definition) is 1. The van der Waals surface area contributed by atoms with Gasteiger partial charge in [-0.05, 0) is 29.5 Å². The van der Waals surface area contributed by atoms with Gasteiger partial charge in [0, 0.05) is 35.3 Å². The van der Waals surface area contributed by atoms with Crippen LogP contribution in [0.4, 0.5) is 0 Å². The fourth-order valence-corrected chi connectivity index (χ4v) is 3.17. The monoisotopic (exact) mass is 368 g/mol. The fraction of sp³-hybridized carbons (Fsp3) is 0.444. The molecule has 2 unspecified atom stereocenters. The van der Waals surface area contributed by atoms with Crippen LogP contribution in [-0.2, 0) is 9.53 Å². The summed E-state index contributed by atoms with van der Waals surface area (Å²) < 4.78 is 5.58. The molecule has 1 N–H and O–H groups in total. The number of imidazole rings is 1. The van der Waals surface area contributed by atoms with Crippen molar-refractivity contribution in [2.45, 2.75) is 46.1 Å². The smallest absolute Gasteiger partial charge is 0.302 e. The molecule has 0 amide bonds. The van der Waals surface area contributed by atoms with E-state index in [0.717, 1.165) is 11.4 Å². The summed E-state index contributed by atoms with van der Waals surface area (Å²) in [6.07, 6.45) is 3.75. The van der Waals surface area contributed by atoms with E-state index in [9.17, 15) is 4.79 Å². The Morgan fingerprint density at radius 3 is 2.54 bits per heavy atom. The Morgan fingerprint density at radius 1 is 1.33 bits per heavy atom. The Morgan fingerprint density at radius 2 is 2.04 bits per heavy atom. The highest BCUT2D eigenvalue weighted by molar-refractivity contribution is 6.35. The van der Waals surface area contributed by atoms with Gasteiger partial charge in [0.25, 0.3) is 0 Å². The highest BCUT2D eigenvalue weighted by atomic mass is 35.5. The highest BCUT2D eigenvalue weighted by Gasteiger charge is 2.33. The summed E-state index contributed by atoms with van der Waals surface area (Å²) in [7, 11) is 0. The second-order valence-corrected chi connectivity index (χ2v) is 7.74. The Balaban J connectivity index is 2.41. The van der Waals surface area contributed by atoms with Gasteiger partial charge in [-0.25, -0.2) is 4.98 Å². The summed E-state index contributed by atoms with van der Waals surface area (Å²) in [6.45, 7) is 7.56. The molecule has 0 aliphatic carbocycles.